The number of aromatic carboxylic acids is 1. The second-order valence-electron chi connectivity index (χ2n) is 9.13. The summed E-state index contributed by atoms with van der Waals surface area (Å²) in [5.74, 6) is 1.43. The van der Waals surface area contributed by atoms with Crippen LogP contribution in [0.2, 0.25) is 0 Å². The Bertz CT molecular complexity index is 1280. The lowest BCUT2D eigenvalue weighted by Gasteiger charge is -2.22. The molecule has 4 aromatic rings. The number of carboxylic acids is 1. The van der Waals surface area contributed by atoms with Crippen molar-refractivity contribution < 1.29 is 14.6 Å². The topological polar surface area (TPSA) is 59.4 Å². The van der Waals surface area contributed by atoms with Crippen LogP contribution in [-0.4, -0.2) is 16.1 Å². The van der Waals surface area contributed by atoms with E-state index in [1.165, 1.54) is 43.2 Å². The van der Waals surface area contributed by atoms with Crippen LogP contribution >= 0.6 is 23.1 Å². The van der Waals surface area contributed by atoms with E-state index in [1.807, 2.05) is 24.3 Å². The van der Waals surface area contributed by atoms with Crippen molar-refractivity contribution in [1.29, 1.82) is 0 Å². The molecule has 0 atom stereocenters. The number of ether oxygens (including phenoxy) is 1. The van der Waals surface area contributed by atoms with E-state index >= 15 is 0 Å². The van der Waals surface area contributed by atoms with E-state index in [-0.39, 0.29) is 0 Å². The van der Waals surface area contributed by atoms with Crippen molar-refractivity contribution >= 4 is 29.1 Å². The molecule has 0 spiro atoms. The van der Waals surface area contributed by atoms with Gasteiger partial charge in [0, 0.05) is 15.8 Å². The first-order valence-electron chi connectivity index (χ1n) is 12.4. The van der Waals surface area contributed by atoms with Crippen LogP contribution in [0.3, 0.4) is 0 Å². The SMILES string of the molecule is O=C(O)c1ccc(SCc2nc(-c3ccc(OCc4ccc(C5CCCCC5)cc4)cc3)cs2)cc1. The van der Waals surface area contributed by atoms with E-state index in [1.54, 1.807) is 35.2 Å². The number of thiazole rings is 1. The minimum Gasteiger partial charge on any atom is -0.489 e. The largest absolute Gasteiger partial charge is 0.489 e. The van der Waals surface area contributed by atoms with E-state index in [0.29, 0.717) is 12.2 Å². The fourth-order valence-corrected chi connectivity index (χ4v) is 6.28. The second kappa shape index (κ2) is 11.8. The highest BCUT2D eigenvalue weighted by atomic mass is 32.2. The van der Waals surface area contributed by atoms with Crippen LogP contribution in [0, 0.1) is 0 Å². The fraction of sp³-hybridized carbons (Fsp3) is 0.267. The van der Waals surface area contributed by atoms with Gasteiger partial charge >= 0.3 is 5.97 Å². The molecule has 0 bridgehead atoms. The fourth-order valence-electron chi connectivity index (χ4n) is 4.56. The van der Waals surface area contributed by atoms with E-state index < -0.39 is 5.97 Å². The van der Waals surface area contributed by atoms with Crippen LogP contribution in [0.15, 0.2) is 83.1 Å². The quantitative estimate of drug-likeness (QED) is 0.227. The summed E-state index contributed by atoms with van der Waals surface area (Å²) < 4.78 is 6.03. The van der Waals surface area contributed by atoms with Crippen LogP contribution in [0.4, 0.5) is 0 Å². The lowest BCUT2D eigenvalue weighted by molar-refractivity contribution is 0.0697. The Morgan fingerprint density at radius 1 is 0.944 bits per heavy atom. The van der Waals surface area contributed by atoms with Crippen LogP contribution < -0.4 is 4.74 Å². The molecular weight excluding hydrogens is 486 g/mol. The average Bonchev–Trinajstić information content (AvgIpc) is 3.41. The van der Waals surface area contributed by atoms with Gasteiger partial charge in [-0.3, -0.25) is 0 Å². The summed E-state index contributed by atoms with van der Waals surface area (Å²) in [5, 5.41) is 12.1. The molecule has 1 aliphatic rings. The van der Waals surface area contributed by atoms with Gasteiger partial charge in [-0.2, -0.15) is 0 Å². The molecule has 0 amide bonds. The van der Waals surface area contributed by atoms with Crippen LogP contribution in [-0.2, 0) is 12.4 Å². The first-order valence-corrected chi connectivity index (χ1v) is 14.2. The smallest absolute Gasteiger partial charge is 0.335 e. The predicted molar refractivity (Wildman–Crippen MR) is 147 cm³/mol. The van der Waals surface area contributed by atoms with Gasteiger partial charge in [0.2, 0.25) is 0 Å². The van der Waals surface area contributed by atoms with E-state index in [4.69, 9.17) is 14.8 Å². The lowest BCUT2D eigenvalue weighted by atomic mass is 9.84. The normalized spacial score (nSPS) is 14.0. The zero-order chi connectivity index (χ0) is 24.7. The van der Waals surface area contributed by atoms with Crippen LogP contribution in [0.1, 0.15) is 64.5 Å². The number of hydrogen-bond donors (Lipinski definition) is 1. The molecule has 4 nitrogen and oxygen atoms in total. The van der Waals surface area contributed by atoms with Gasteiger partial charge < -0.3 is 9.84 Å². The number of aromatic nitrogens is 1. The summed E-state index contributed by atoms with van der Waals surface area (Å²) in [6.45, 7) is 0.565. The Morgan fingerprint density at radius 3 is 2.36 bits per heavy atom. The molecule has 36 heavy (non-hydrogen) atoms. The van der Waals surface area contributed by atoms with Gasteiger partial charge in [0.1, 0.15) is 17.4 Å². The van der Waals surface area contributed by atoms with Crippen molar-refractivity contribution in [3.05, 3.63) is 99.9 Å². The van der Waals surface area contributed by atoms with Gasteiger partial charge in [-0.15, -0.1) is 23.1 Å². The number of carboxylic acid groups (broad SMARTS) is 1. The van der Waals surface area contributed by atoms with Gasteiger partial charge in [0.05, 0.1) is 17.0 Å². The van der Waals surface area contributed by atoms with Gasteiger partial charge in [-0.05, 0) is 78.4 Å². The molecule has 1 aromatic heterocycles. The molecule has 6 heteroatoms. The highest BCUT2D eigenvalue weighted by Crippen LogP contribution is 2.33. The molecule has 184 valence electrons. The Morgan fingerprint density at radius 2 is 1.67 bits per heavy atom. The number of hydrogen-bond acceptors (Lipinski definition) is 5. The van der Waals surface area contributed by atoms with Crippen molar-refractivity contribution in [3.8, 4) is 17.0 Å². The van der Waals surface area contributed by atoms with Crippen LogP contribution in [0.25, 0.3) is 11.3 Å². The number of carbonyl (C=O) groups is 1. The van der Waals surface area contributed by atoms with Crippen molar-refractivity contribution in [3.63, 3.8) is 0 Å². The standard InChI is InChI=1S/C30H29NO3S2/c32-30(33)25-12-16-27(17-13-25)35-20-29-31-28(19-36-29)24-10-14-26(15-11-24)34-18-21-6-8-23(9-7-21)22-4-2-1-3-5-22/h6-17,19,22H,1-5,18,20H2,(H,32,33). The number of thioether (sulfide) groups is 1. The molecule has 1 saturated carbocycles. The zero-order valence-corrected chi connectivity index (χ0v) is 21.7. The van der Waals surface area contributed by atoms with Gasteiger partial charge in [0.15, 0.2) is 0 Å². The molecule has 0 radical (unpaired) electrons. The summed E-state index contributed by atoms with van der Waals surface area (Å²) in [4.78, 5) is 16.8. The number of benzene rings is 3. The van der Waals surface area contributed by atoms with Crippen molar-refractivity contribution in [1.82, 2.24) is 4.98 Å². The van der Waals surface area contributed by atoms with Gasteiger partial charge in [0.25, 0.3) is 0 Å². The lowest BCUT2D eigenvalue weighted by Crippen LogP contribution is -2.04. The summed E-state index contributed by atoms with van der Waals surface area (Å²) in [7, 11) is 0. The molecule has 5 rings (SSSR count). The zero-order valence-electron chi connectivity index (χ0n) is 20.1. The first-order chi connectivity index (χ1) is 17.6. The first kappa shape index (κ1) is 24.6. The molecule has 1 aliphatic carbocycles. The molecule has 0 saturated heterocycles. The third-order valence-electron chi connectivity index (χ3n) is 6.63. The number of nitrogens with zero attached hydrogens (tertiary/aromatic N) is 1. The Labute approximate surface area is 220 Å². The maximum Gasteiger partial charge on any atom is 0.335 e. The predicted octanol–water partition coefficient (Wildman–Crippen LogP) is 8.43. The van der Waals surface area contributed by atoms with E-state index in [0.717, 1.165) is 38.6 Å². The van der Waals surface area contributed by atoms with E-state index in [9.17, 15) is 4.79 Å². The third kappa shape index (κ3) is 6.37. The monoisotopic (exact) mass is 515 g/mol. The molecule has 3 aromatic carbocycles. The molecule has 0 unspecified atom stereocenters. The van der Waals surface area contributed by atoms with Crippen molar-refractivity contribution in [2.24, 2.45) is 0 Å². The summed E-state index contributed by atoms with van der Waals surface area (Å²) in [5.41, 5.74) is 4.99. The van der Waals surface area contributed by atoms with Gasteiger partial charge in [-0.25, -0.2) is 9.78 Å². The molecule has 0 aliphatic heterocycles. The minimum atomic E-state index is -0.906. The highest BCUT2D eigenvalue weighted by Gasteiger charge is 2.15. The summed E-state index contributed by atoms with van der Waals surface area (Å²) in [6.07, 6.45) is 6.75. The second-order valence-corrected chi connectivity index (χ2v) is 11.1. The maximum absolute atomic E-state index is 11.0. The maximum atomic E-state index is 11.0. The third-order valence-corrected chi connectivity index (χ3v) is 8.68. The summed E-state index contributed by atoms with van der Waals surface area (Å²) in [6, 6.07) is 24.0. The number of rotatable bonds is 9. The van der Waals surface area contributed by atoms with Gasteiger partial charge in [-0.1, -0.05) is 43.5 Å². The Hall–Kier alpha value is -3.09. The van der Waals surface area contributed by atoms with E-state index in [2.05, 4.69) is 41.8 Å². The highest BCUT2D eigenvalue weighted by molar-refractivity contribution is 7.98. The Balaban J connectivity index is 1.12. The average molecular weight is 516 g/mol. The Kier molecular flexibility index (Phi) is 8.04. The molecule has 1 heterocycles. The molecular formula is C30H29NO3S2. The van der Waals surface area contributed by atoms with Crippen molar-refractivity contribution in [2.45, 2.75) is 55.3 Å². The van der Waals surface area contributed by atoms with Crippen molar-refractivity contribution in [2.75, 3.05) is 0 Å². The summed E-state index contributed by atoms with van der Waals surface area (Å²) >= 11 is 3.29. The molecule has 1 fully saturated rings. The molecule has 1 N–H and O–H groups in total. The minimum absolute atomic E-state index is 0.302. The van der Waals surface area contributed by atoms with Crippen LogP contribution in [0.5, 0.6) is 5.75 Å².